The minimum Gasteiger partial charge on any atom is -0.416 e. The van der Waals surface area contributed by atoms with Crippen molar-refractivity contribution in [2.75, 3.05) is 32.6 Å². The van der Waals surface area contributed by atoms with Gasteiger partial charge in [0.25, 0.3) is 5.22 Å². The molecule has 1 heterocycles. The maximum Gasteiger partial charge on any atom is 0.276 e. The van der Waals surface area contributed by atoms with Gasteiger partial charge in [-0.15, -0.1) is 10.2 Å². The van der Waals surface area contributed by atoms with Gasteiger partial charge < -0.3 is 14.5 Å². The Hall–Kier alpha value is -0.590. The van der Waals surface area contributed by atoms with Gasteiger partial charge in [-0.1, -0.05) is 11.8 Å². The fourth-order valence-corrected chi connectivity index (χ4v) is 1.95. The van der Waals surface area contributed by atoms with Gasteiger partial charge in [0, 0.05) is 26.3 Å². The van der Waals surface area contributed by atoms with Crippen LogP contribution in [0.15, 0.2) is 9.64 Å². The third kappa shape index (κ3) is 6.09. The average Bonchev–Trinajstić information content (AvgIpc) is 2.68. The van der Waals surface area contributed by atoms with E-state index in [1.165, 1.54) is 0 Å². The topological polar surface area (TPSA) is 60.2 Å². The molecule has 0 saturated heterocycles. The number of rotatable bonds is 9. The average molecular weight is 245 g/mol. The van der Waals surface area contributed by atoms with E-state index in [1.54, 1.807) is 25.8 Å². The van der Waals surface area contributed by atoms with Crippen LogP contribution in [0.1, 0.15) is 18.7 Å². The predicted molar refractivity (Wildman–Crippen MR) is 63.7 cm³/mol. The van der Waals surface area contributed by atoms with Crippen LogP contribution in [-0.4, -0.2) is 42.8 Å². The Labute approximate surface area is 100 Å². The van der Waals surface area contributed by atoms with Crippen molar-refractivity contribution in [3.05, 3.63) is 5.89 Å². The summed E-state index contributed by atoms with van der Waals surface area (Å²) < 4.78 is 10.2. The first-order chi connectivity index (χ1) is 7.83. The van der Waals surface area contributed by atoms with Crippen LogP contribution in [0.4, 0.5) is 0 Å². The zero-order valence-electron chi connectivity index (χ0n) is 9.86. The molecule has 16 heavy (non-hydrogen) atoms. The summed E-state index contributed by atoms with van der Waals surface area (Å²) in [7, 11) is 1.71. The molecule has 92 valence electrons. The molecule has 0 aliphatic carbocycles. The van der Waals surface area contributed by atoms with E-state index < -0.39 is 0 Å². The molecule has 0 radical (unpaired) electrons. The second-order valence-corrected chi connectivity index (χ2v) is 4.43. The first-order valence-electron chi connectivity index (χ1n) is 5.45. The molecule has 0 saturated carbocycles. The van der Waals surface area contributed by atoms with Crippen LogP contribution >= 0.6 is 11.8 Å². The van der Waals surface area contributed by atoms with Gasteiger partial charge in [-0.25, -0.2) is 0 Å². The molecule has 0 fully saturated rings. The first-order valence-corrected chi connectivity index (χ1v) is 6.44. The molecule has 0 spiro atoms. The molecule has 0 bridgehead atoms. The smallest absolute Gasteiger partial charge is 0.276 e. The molecule has 1 aromatic heterocycles. The van der Waals surface area contributed by atoms with E-state index >= 15 is 0 Å². The maximum absolute atomic E-state index is 5.25. The highest BCUT2D eigenvalue weighted by Crippen LogP contribution is 2.16. The molecular weight excluding hydrogens is 226 g/mol. The lowest BCUT2D eigenvalue weighted by molar-refractivity contribution is 0.199. The Morgan fingerprint density at radius 1 is 1.31 bits per heavy atom. The van der Waals surface area contributed by atoms with Gasteiger partial charge >= 0.3 is 0 Å². The van der Waals surface area contributed by atoms with Crippen LogP contribution in [0.5, 0.6) is 0 Å². The molecule has 0 aromatic carbocycles. The number of nitrogens with zero attached hydrogens (tertiary/aromatic N) is 2. The highest BCUT2D eigenvalue weighted by atomic mass is 32.2. The van der Waals surface area contributed by atoms with Crippen molar-refractivity contribution in [3.63, 3.8) is 0 Å². The number of hydrogen-bond acceptors (Lipinski definition) is 6. The van der Waals surface area contributed by atoms with Gasteiger partial charge in [-0.2, -0.15) is 0 Å². The summed E-state index contributed by atoms with van der Waals surface area (Å²) >= 11 is 1.62. The molecule has 0 aliphatic rings. The molecule has 0 amide bonds. The van der Waals surface area contributed by atoms with Gasteiger partial charge in [0.1, 0.15) is 0 Å². The van der Waals surface area contributed by atoms with Crippen molar-refractivity contribution in [1.82, 2.24) is 15.5 Å². The number of unbranched alkanes of at least 4 members (excludes halogenated alkanes) is 1. The summed E-state index contributed by atoms with van der Waals surface area (Å²) in [5.74, 6) is 1.65. The first kappa shape index (κ1) is 13.5. The van der Waals surface area contributed by atoms with Crippen LogP contribution < -0.4 is 5.32 Å². The van der Waals surface area contributed by atoms with E-state index in [0.29, 0.717) is 11.1 Å². The van der Waals surface area contributed by atoms with Crippen LogP contribution in [0.25, 0.3) is 0 Å². The third-order valence-electron chi connectivity index (χ3n) is 1.96. The lowest BCUT2D eigenvalue weighted by atomic mass is 10.3. The lowest BCUT2D eigenvalue weighted by Crippen LogP contribution is -2.20. The standard InChI is InChI=1S/C10H19N3O2S/c1-9-12-13-10(15-9)16-8-4-3-5-11-6-7-14-2/h11H,3-8H2,1-2H3. The molecule has 0 unspecified atom stereocenters. The van der Waals surface area contributed by atoms with E-state index in [2.05, 4.69) is 15.5 Å². The highest BCUT2D eigenvalue weighted by molar-refractivity contribution is 7.99. The summed E-state index contributed by atoms with van der Waals surface area (Å²) in [6, 6.07) is 0. The Morgan fingerprint density at radius 2 is 2.19 bits per heavy atom. The molecule has 6 heteroatoms. The van der Waals surface area contributed by atoms with Crippen molar-refractivity contribution in [3.8, 4) is 0 Å². The number of aromatic nitrogens is 2. The fraction of sp³-hybridized carbons (Fsp3) is 0.800. The number of aryl methyl sites for hydroxylation is 1. The molecule has 0 atom stereocenters. The second kappa shape index (κ2) is 8.55. The van der Waals surface area contributed by atoms with Crippen molar-refractivity contribution >= 4 is 11.8 Å². The molecule has 1 rings (SSSR count). The monoisotopic (exact) mass is 245 g/mol. The van der Waals surface area contributed by atoms with E-state index in [1.807, 2.05) is 0 Å². The third-order valence-corrected chi connectivity index (χ3v) is 2.87. The quantitative estimate of drug-likeness (QED) is 0.525. The number of ether oxygens (including phenoxy) is 1. The molecule has 1 N–H and O–H groups in total. The fourth-order valence-electron chi connectivity index (χ4n) is 1.15. The minimum atomic E-state index is 0.628. The zero-order valence-corrected chi connectivity index (χ0v) is 10.7. The van der Waals surface area contributed by atoms with E-state index in [-0.39, 0.29) is 0 Å². The van der Waals surface area contributed by atoms with E-state index in [0.717, 1.165) is 38.3 Å². The van der Waals surface area contributed by atoms with Gasteiger partial charge in [-0.05, 0) is 19.4 Å². The Balaban J connectivity index is 1.88. The highest BCUT2D eigenvalue weighted by Gasteiger charge is 2.01. The largest absolute Gasteiger partial charge is 0.416 e. The van der Waals surface area contributed by atoms with E-state index in [9.17, 15) is 0 Å². The lowest BCUT2D eigenvalue weighted by Gasteiger charge is -2.02. The Kier molecular flexibility index (Phi) is 7.20. The molecular formula is C10H19N3O2S. The van der Waals surface area contributed by atoms with Crippen LogP contribution in [-0.2, 0) is 4.74 Å². The van der Waals surface area contributed by atoms with Gasteiger partial charge in [-0.3, -0.25) is 0 Å². The SMILES string of the molecule is COCCNCCCCSc1nnc(C)o1. The van der Waals surface area contributed by atoms with Crippen LogP contribution in [0.2, 0.25) is 0 Å². The van der Waals surface area contributed by atoms with Crippen molar-refractivity contribution in [2.24, 2.45) is 0 Å². The number of methoxy groups -OCH3 is 1. The predicted octanol–water partition coefficient (Wildman–Crippen LogP) is 1.49. The number of nitrogens with one attached hydrogen (secondary N) is 1. The van der Waals surface area contributed by atoms with Crippen molar-refractivity contribution in [1.29, 1.82) is 0 Å². The number of hydrogen-bond donors (Lipinski definition) is 1. The summed E-state index contributed by atoms with van der Waals surface area (Å²) in [5.41, 5.74) is 0. The summed E-state index contributed by atoms with van der Waals surface area (Å²) in [4.78, 5) is 0. The van der Waals surface area contributed by atoms with E-state index in [4.69, 9.17) is 9.15 Å². The normalized spacial score (nSPS) is 10.9. The molecule has 5 nitrogen and oxygen atoms in total. The van der Waals surface area contributed by atoms with Crippen LogP contribution in [0.3, 0.4) is 0 Å². The Morgan fingerprint density at radius 3 is 2.88 bits per heavy atom. The van der Waals surface area contributed by atoms with Crippen molar-refractivity contribution in [2.45, 2.75) is 25.0 Å². The Bertz CT molecular complexity index is 281. The molecule has 0 aliphatic heterocycles. The summed E-state index contributed by atoms with van der Waals surface area (Å²) in [6.07, 6.45) is 2.30. The summed E-state index contributed by atoms with van der Waals surface area (Å²) in [5, 5.41) is 11.7. The van der Waals surface area contributed by atoms with Crippen LogP contribution in [0, 0.1) is 6.92 Å². The van der Waals surface area contributed by atoms with Gasteiger partial charge in [0.2, 0.25) is 5.89 Å². The maximum atomic E-state index is 5.25. The minimum absolute atomic E-state index is 0.628. The zero-order chi connectivity index (χ0) is 11.6. The van der Waals surface area contributed by atoms with Gasteiger partial charge in [0.05, 0.1) is 6.61 Å². The molecule has 1 aromatic rings. The van der Waals surface area contributed by atoms with Crippen molar-refractivity contribution < 1.29 is 9.15 Å². The second-order valence-electron chi connectivity index (χ2n) is 3.39. The van der Waals surface area contributed by atoms with Gasteiger partial charge in [0.15, 0.2) is 0 Å². The number of thioether (sulfide) groups is 1. The summed E-state index contributed by atoms with van der Waals surface area (Å²) in [6.45, 7) is 4.53.